The maximum Gasteiger partial charge on any atom is 0.190 e. The number of hydrogen-bond acceptors (Lipinski definition) is 3. The fraction of sp³-hybridized carbons (Fsp3) is 0.923. The summed E-state index contributed by atoms with van der Waals surface area (Å²) in [5, 5.41) is 6.41. The quantitative estimate of drug-likeness (QED) is 0.303. The number of nitrogens with zero attached hydrogens (tertiary/aromatic N) is 1. The first kappa shape index (κ1) is 18.9. The topological polar surface area (TPSA) is 54.9 Å². The van der Waals surface area contributed by atoms with Gasteiger partial charge in [0.15, 0.2) is 5.96 Å². The van der Waals surface area contributed by atoms with E-state index in [1.165, 1.54) is 0 Å². The lowest BCUT2D eigenvalue weighted by atomic mass is 10.0. The second-order valence-electron chi connectivity index (χ2n) is 4.51. The summed E-state index contributed by atoms with van der Waals surface area (Å²) in [5.74, 6) is 1.56. The fourth-order valence-corrected chi connectivity index (χ4v) is 1.93. The van der Waals surface area contributed by atoms with Gasteiger partial charge in [0.25, 0.3) is 0 Å². The average Bonchev–Trinajstić information content (AvgIpc) is 2.42. The summed E-state index contributed by atoms with van der Waals surface area (Å²) in [4.78, 5) is 4.11. The Morgan fingerprint density at radius 3 is 2.68 bits per heavy atom. The van der Waals surface area contributed by atoms with Crippen molar-refractivity contribution in [3.63, 3.8) is 0 Å². The van der Waals surface area contributed by atoms with Crippen LogP contribution in [0, 0.1) is 5.92 Å². The predicted octanol–water partition coefficient (Wildman–Crippen LogP) is 1.62. The van der Waals surface area contributed by atoms with Gasteiger partial charge in [-0.15, -0.1) is 24.0 Å². The van der Waals surface area contributed by atoms with E-state index in [0.717, 1.165) is 64.7 Å². The minimum atomic E-state index is 0. The Labute approximate surface area is 133 Å². The first-order chi connectivity index (χ1) is 8.86. The molecule has 0 aromatic carbocycles. The number of guanidine groups is 1. The van der Waals surface area contributed by atoms with Crippen LogP contribution >= 0.6 is 24.0 Å². The summed E-state index contributed by atoms with van der Waals surface area (Å²) < 4.78 is 11.0. The number of ether oxygens (including phenoxy) is 2. The molecule has 0 amide bonds. The van der Waals surface area contributed by atoms with Gasteiger partial charge >= 0.3 is 0 Å². The van der Waals surface area contributed by atoms with Gasteiger partial charge in [0.1, 0.15) is 0 Å². The van der Waals surface area contributed by atoms with Crippen LogP contribution < -0.4 is 10.6 Å². The molecule has 1 rings (SSSR count). The third kappa shape index (κ3) is 9.45. The zero-order valence-corrected chi connectivity index (χ0v) is 14.4. The van der Waals surface area contributed by atoms with Crippen LogP contribution in [0.15, 0.2) is 4.99 Å². The maximum atomic E-state index is 5.69. The van der Waals surface area contributed by atoms with Crippen molar-refractivity contribution in [3.05, 3.63) is 0 Å². The molecule has 0 radical (unpaired) electrons. The number of aliphatic imine (C=N–C) groups is 1. The molecule has 0 aromatic rings. The SMILES string of the molecule is CCNC(=NC)NCCCOCC1CCOCC1.I. The van der Waals surface area contributed by atoms with Crippen LogP contribution in [0.5, 0.6) is 0 Å². The zero-order chi connectivity index (χ0) is 13.1. The van der Waals surface area contributed by atoms with Crippen LogP contribution in [0.25, 0.3) is 0 Å². The van der Waals surface area contributed by atoms with Gasteiger partial charge < -0.3 is 20.1 Å². The Morgan fingerprint density at radius 2 is 2.05 bits per heavy atom. The van der Waals surface area contributed by atoms with E-state index in [1.54, 1.807) is 7.05 Å². The van der Waals surface area contributed by atoms with Crippen molar-refractivity contribution in [1.82, 2.24) is 10.6 Å². The van der Waals surface area contributed by atoms with Crippen LogP contribution in [0.4, 0.5) is 0 Å². The lowest BCUT2D eigenvalue weighted by Crippen LogP contribution is -2.37. The molecule has 0 unspecified atom stereocenters. The molecule has 2 N–H and O–H groups in total. The largest absolute Gasteiger partial charge is 0.381 e. The third-order valence-electron chi connectivity index (χ3n) is 3.02. The molecule has 114 valence electrons. The molecule has 1 aliphatic rings. The fourth-order valence-electron chi connectivity index (χ4n) is 1.93. The summed E-state index contributed by atoms with van der Waals surface area (Å²) in [6.45, 7) is 7.33. The van der Waals surface area contributed by atoms with Crippen LogP contribution in [0.3, 0.4) is 0 Å². The molecule has 0 bridgehead atoms. The molecular weight excluding hydrogens is 357 g/mol. The molecule has 0 aliphatic carbocycles. The monoisotopic (exact) mass is 385 g/mol. The van der Waals surface area contributed by atoms with E-state index in [-0.39, 0.29) is 24.0 Å². The average molecular weight is 385 g/mol. The smallest absolute Gasteiger partial charge is 0.190 e. The summed E-state index contributed by atoms with van der Waals surface area (Å²) in [6.07, 6.45) is 3.30. The number of halogens is 1. The van der Waals surface area contributed by atoms with Crippen molar-refractivity contribution in [2.24, 2.45) is 10.9 Å². The predicted molar refractivity (Wildman–Crippen MR) is 89.4 cm³/mol. The molecule has 1 heterocycles. The second-order valence-corrected chi connectivity index (χ2v) is 4.51. The Balaban J connectivity index is 0.00000324. The number of nitrogens with one attached hydrogen (secondary N) is 2. The summed E-state index contributed by atoms with van der Waals surface area (Å²) >= 11 is 0. The highest BCUT2D eigenvalue weighted by atomic mass is 127. The van der Waals surface area contributed by atoms with E-state index < -0.39 is 0 Å². The molecule has 5 nitrogen and oxygen atoms in total. The Kier molecular flexibility index (Phi) is 12.9. The summed E-state index contributed by atoms with van der Waals surface area (Å²) in [5.41, 5.74) is 0. The van der Waals surface area contributed by atoms with Gasteiger partial charge in [-0.3, -0.25) is 4.99 Å². The van der Waals surface area contributed by atoms with E-state index in [2.05, 4.69) is 22.5 Å². The van der Waals surface area contributed by atoms with Crippen LogP contribution in [0.1, 0.15) is 26.2 Å². The van der Waals surface area contributed by atoms with Gasteiger partial charge in [-0.05, 0) is 32.1 Å². The highest BCUT2D eigenvalue weighted by molar-refractivity contribution is 14.0. The van der Waals surface area contributed by atoms with E-state index in [1.807, 2.05) is 0 Å². The van der Waals surface area contributed by atoms with Gasteiger partial charge in [0.2, 0.25) is 0 Å². The van der Waals surface area contributed by atoms with E-state index in [9.17, 15) is 0 Å². The van der Waals surface area contributed by atoms with E-state index in [4.69, 9.17) is 9.47 Å². The van der Waals surface area contributed by atoms with Crippen molar-refractivity contribution >= 4 is 29.9 Å². The molecule has 0 saturated carbocycles. The molecule has 6 heteroatoms. The number of rotatable bonds is 7. The van der Waals surface area contributed by atoms with Gasteiger partial charge in [0.05, 0.1) is 0 Å². The van der Waals surface area contributed by atoms with Crippen molar-refractivity contribution in [3.8, 4) is 0 Å². The van der Waals surface area contributed by atoms with Crippen LogP contribution in [-0.2, 0) is 9.47 Å². The van der Waals surface area contributed by atoms with Crippen molar-refractivity contribution in [2.75, 3.05) is 46.6 Å². The highest BCUT2D eigenvalue weighted by Crippen LogP contribution is 2.14. The van der Waals surface area contributed by atoms with Crippen molar-refractivity contribution in [1.29, 1.82) is 0 Å². The molecular formula is C13H28IN3O2. The Hall–Kier alpha value is -0.0800. The number of hydrogen-bond donors (Lipinski definition) is 2. The second kappa shape index (κ2) is 12.9. The maximum absolute atomic E-state index is 5.69. The van der Waals surface area contributed by atoms with E-state index >= 15 is 0 Å². The van der Waals surface area contributed by atoms with Gasteiger partial charge in [-0.1, -0.05) is 0 Å². The van der Waals surface area contributed by atoms with Crippen molar-refractivity contribution in [2.45, 2.75) is 26.2 Å². The lowest BCUT2D eigenvalue weighted by molar-refractivity contribution is 0.0203. The third-order valence-corrected chi connectivity index (χ3v) is 3.02. The lowest BCUT2D eigenvalue weighted by Gasteiger charge is -2.21. The Morgan fingerprint density at radius 1 is 1.32 bits per heavy atom. The molecule has 19 heavy (non-hydrogen) atoms. The summed E-state index contributed by atoms with van der Waals surface area (Å²) in [6, 6.07) is 0. The zero-order valence-electron chi connectivity index (χ0n) is 12.1. The normalized spacial score (nSPS) is 16.8. The summed E-state index contributed by atoms with van der Waals surface area (Å²) in [7, 11) is 1.78. The molecule has 0 spiro atoms. The van der Waals surface area contributed by atoms with Gasteiger partial charge in [-0.25, -0.2) is 0 Å². The highest BCUT2D eigenvalue weighted by Gasteiger charge is 2.13. The first-order valence-corrected chi connectivity index (χ1v) is 6.96. The minimum absolute atomic E-state index is 0. The van der Waals surface area contributed by atoms with Gasteiger partial charge in [-0.2, -0.15) is 0 Å². The molecule has 1 fully saturated rings. The Bertz CT molecular complexity index is 234. The molecule has 1 aliphatic heterocycles. The van der Waals surface area contributed by atoms with Gasteiger partial charge in [0, 0.05) is 46.6 Å². The van der Waals surface area contributed by atoms with Crippen LogP contribution in [-0.4, -0.2) is 52.5 Å². The molecule has 0 aromatic heterocycles. The van der Waals surface area contributed by atoms with Crippen LogP contribution in [0.2, 0.25) is 0 Å². The van der Waals surface area contributed by atoms with Crippen molar-refractivity contribution < 1.29 is 9.47 Å². The first-order valence-electron chi connectivity index (χ1n) is 6.96. The molecule has 0 atom stereocenters. The standard InChI is InChI=1S/C13H27N3O2.HI/c1-3-15-13(14-2)16-7-4-8-18-11-12-5-9-17-10-6-12;/h12H,3-11H2,1-2H3,(H2,14,15,16);1H. The molecule has 1 saturated heterocycles. The minimum Gasteiger partial charge on any atom is -0.381 e. The van der Waals surface area contributed by atoms with E-state index in [0.29, 0.717) is 5.92 Å².